The number of thioether (sulfide) groups is 1. The van der Waals surface area contributed by atoms with Crippen molar-refractivity contribution in [2.45, 2.75) is 38.3 Å². The number of hydrogen-bond donors (Lipinski definition) is 0. The molecule has 0 N–H and O–H groups in total. The SMILES string of the molecule is CC[C@@H](C)c1ccc(C(=O)CSc2nnc(-c3ccccc3C)n2C)cc1. The van der Waals surface area contributed by atoms with Crippen LogP contribution in [0.5, 0.6) is 0 Å². The van der Waals surface area contributed by atoms with E-state index in [1.54, 1.807) is 0 Å². The van der Waals surface area contributed by atoms with Crippen molar-refractivity contribution >= 4 is 17.5 Å². The van der Waals surface area contributed by atoms with E-state index < -0.39 is 0 Å². The van der Waals surface area contributed by atoms with Crippen LogP contribution in [-0.4, -0.2) is 26.3 Å². The quantitative estimate of drug-likeness (QED) is 0.414. The van der Waals surface area contributed by atoms with Crippen molar-refractivity contribution in [3.8, 4) is 11.4 Å². The van der Waals surface area contributed by atoms with E-state index in [9.17, 15) is 4.79 Å². The number of carbonyl (C=O) groups is 1. The minimum atomic E-state index is 0.108. The van der Waals surface area contributed by atoms with E-state index in [1.165, 1.54) is 17.3 Å². The summed E-state index contributed by atoms with van der Waals surface area (Å²) in [6, 6.07) is 16.1. The third-order valence-electron chi connectivity index (χ3n) is 4.97. The van der Waals surface area contributed by atoms with Gasteiger partial charge in [-0.1, -0.05) is 74.1 Å². The first-order valence-electron chi connectivity index (χ1n) is 9.22. The average molecular weight is 380 g/mol. The number of benzene rings is 2. The van der Waals surface area contributed by atoms with E-state index >= 15 is 0 Å². The predicted molar refractivity (Wildman–Crippen MR) is 111 cm³/mol. The minimum Gasteiger partial charge on any atom is -0.305 e. The van der Waals surface area contributed by atoms with Crippen molar-refractivity contribution in [2.75, 3.05) is 5.75 Å². The highest BCUT2D eigenvalue weighted by Crippen LogP contribution is 2.26. The molecule has 0 unspecified atom stereocenters. The van der Waals surface area contributed by atoms with Crippen LogP contribution in [0.15, 0.2) is 53.7 Å². The largest absolute Gasteiger partial charge is 0.305 e. The molecule has 0 radical (unpaired) electrons. The Hall–Kier alpha value is -2.40. The second kappa shape index (κ2) is 8.53. The highest BCUT2D eigenvalue weighted by molar-refractivity contribution is 7.99. The molecular formula is C22H25N3OS. The Morgan fingerprint density at radius 3 is 2.48 bits per heavy atom. The van der Waals surface area contributed by atoms with E-state index in [-0.39, 0.29) is 5.78 Å². The lowest BCUT2D eigenvalue weighted by molar-refractivity contribution is 0.102. The molecule has 0 saturated heterocycles. The molecule has 0 aliphatic carbocycles. The van der Waals surface area contributed by atoms with Gasteiger partial charge in [-0.3, -0.25) is 4.79 Å². The third kappa shape index (κ3) is 4.30. The van der Waals surface area contributed by atoms with Gasteiger partial charge in [-0.2, -0.15) is 0 Å². The van der Waals surface area contributed by atoms with Gasteiger partial charge >= 0.3 is 0 Å². The van der Waals surface area contributed by atoms with Gasteiger partial charge < -0.3 is 4.57 Å². The molecule has 3 rings (SSSR count). The van der Waals surface area contributed by atoms with Gasteiger partial charge in [0.25, 0.3) is 0 Å². The standard InChI is InChI=1S/C22H25N3OS/c1-5-15(2)17-10-12-18(13-11-17)20(26)14-27-22-24-23-21(25(22)4)19-9-7-6-8-16(19)3/h6-13,15H,5,14H2,1-4H3/t15-/m1/s1. The first-order valence-corrected chi connectivity index (χ1v) is 10.2. The van der Waals surface area contributed by atoms with Crippen LogP contribution >= 0.6 is 11.8 Å². The molecule has 5 heteroatoms. The molecule has 0 saturated carbocycles. The molecule has 0 aliphatic rings. The van der Waals surface area contributed by atoms with Crippen molar-refractivity contribution in [1.29, 1.82) is 0 Å². The number of rotatable bonds is 7. The third-order valence-corrected chi connectivity index (χ3v) is 5.99. The lowest BCUT2D eigenvalue weighted by atomic mass is 9.97. The summed E-state index contributed by atoms with van der Waals surface area (Å²) in [5.74, 6) is 1.79. The number of hydrogen-bond acceptors (Lipinski definition) is 4. The monoisotopic (exact) mass is 379 g/mol. The summed E-state index contributed by atoms with van der Waals surface area (Å²) < 4.78 is 1.95. The number of nitrogens with zero attached hydrogens (tertiary/aromatic N) is 3. The lowest BCUT2D eigenvalue weighted by Crippen LogP contribution is -2.04. The fraction of sp³-hybridized carbons (Fsp3) is 0.318. The molecule has 1 atom stereocenters. The van der Waals surface area contributed by atoms with Gasteiger partial charge in [-0.05, 0) is 30.4 Å². The number of ketones is 1. The fourth-order valence-electron chi connectivity index (χ4n) is 2.95. The predicted octanol–water partition coefficient (Wildman–Crippen LogP) is 5.28. The molecule has 2 aromatic carbocycles. The summed E-state index contributed by atoms with van der Waals surface area (Å²) >= 11 is 1.43. The zero-order valence-electron chi connectivity index (χ0n) is 16.3. The summed E-state index contributed by atoms with van der Waals surface area (Å²) in [5.41, 5.74) is 4.24. The highest BCUT2D eigenvalue weighted by Gasteiger charge is 2.15. The Bertz CT molecular complexity index is 931. The van der Waals surface area contributed by atoms with Gasteiger partial charge in [0.2, 0.25) is 0 Å². The minimum absolute atomic E-state index is 0.108. The van der Waals surface area contributed by atoms with Gasteiger partial charge in [0.15, 0.2) is 16.8 Å². The first kappa shape index (κ1) is 19.4. The Morgan fingerprint density at radius 1 is 1.11 bits per heavy atom. The second-order valence-corrected chi connectivity index (χ2v) is 7.77. The van der Waals surface area contributed by atoms with Gasteiger partial charge in [0.1, 0.15) is 0 Å². The molecule has 140 valence electrons. The molecule has 0 aliphatic heterocycles. The zero-order chi connectivity index (χ0) is 19.4. The lowest BCUT2D eigenvalue weighted by Gasteiger charge is -2.09. The molecule has 1 aromatic heterocycles. The van der Waals surface area contributed by atoms with E-state index in [0.29, 0.717) is 11.7 Å². The summed E-state index contributed by atoms with van der Waals surface area (Å²) in [7, 11) is 1.94. The summed E-state index contributed by atoms with van der Waals surface area (Å²) in [4.78, 5) is 12.5. The molecular weight excluding hydrogens is 354 g/mol. The van der Waals surface area contributed by atoms with Crippen molar-refractivity contribution < 1.29 is 4.79 Å². The highest BCUT2D eigenvalue weighted by atomic mass is 32.2. The van der Waals surface area contributed by atoms with Crippen molar-refractivity contribution in [2.24, 2.45) is 7.05 Å². The molecule has 3 aromatic rings. The van der Waals surface area contributed by atoms with Crippen molar-refractivity contribution in [1.82, 2.24) is 14.8 Å². The van der Waals surface area contributed by atoms with Crippen molar-refractivity contribution in [3.63, 3.8) is 0 Å². The van der Waals surface area contributed by atoms with Gasteiger partial charge in [0.05, 0.1) is 5.75 Å². The Labute approximate surface area is 165 Å². The van der Waals surface area contributed by atoms with E-state index in [2.05, 4.69) is 49.2 Å². The van der Waals surface area contributed by atoms with Crippen LogP contribution in [0.1, 0.15) is 47.7 Å². The van der Waals surface area contributed by atoms with Crippen LogP contribution < -0.4 is 0 Å². The molecule has 0 fully saturated rings. The maximum Gasteiger partial charge on any atom is 0.191 e. The summed E-state index contributed by atoms with van der Waals surface area (Å²) in [6.07, 6.45) is 1.10. The van der Waals surface area contributed by atoms with E-state index in [0.717, 1.165) is 34.1 Å². The number of aryl methyl sites for hydroxylation is 1. The van der Waals surface area contributed by atoms with Crippen LogP contribution in [-0.2, 0) is 7.05 Å². The summed E-state index contributed by atoms with van der Waals surface area (Å²) in [5, 5.41) is 9.34. The molecule has 0 bridgehead atoms. The van der Waals surface area contributed by atoms with Crippen molar-refractivity contribution in [3.05, 3.63) is 65.2 Å². The Balaban J connectivity index is 1.68. The molecule has 1 heterocycles. The Morgan fingerprint density at radius 2 is 1.81 bits per heavy atom. The smallest absolute Gasteiger partial charge is 0.191 e. The second-order valence-electron chi connectivity index (χ2n) is 6.82. The maximum atomic E-state index is 12.5. The normalized spacial score (nSPS) is 12.1. The molecule has 27 heavy (non-hydrogen) atoms. The van der Waals surface area contributed by atoms with Gasteiger partial charge in [0, 0.05) is 18.2 Å². The first-order chi connectivity index (χ1) is 13.0. The van der Waals surface area contributed by atoms with Gasteiger partial charge in [-0.25, -0.2) is 0 Å². The summed E-state index contributed by atoms with van der Waals surface area (Å²) in [6.45, 7) is 6.43. The van der Waals surface area contributed by atoms with Crippen LogP contribution in [0.4, 0.5) is 0 Å². The van der Waals surface area contributed by atoms with E-state index in [4.69, 9.17) is 0 Å². The number of carbonyl (C=O) groups excluding carboxylic acids is 1. The maximum absolute atomic E-state index is 12.5. The zero-order valence-corrected chi connectivity index (χ0v) is 17.1. The molecule has 4 nitrogen and oxygen atoms in total. The fourth-order valence-corrected chi connectivity index (χ4v) is 3.75. The van der Waals surface area contributed by atoms with Gasteiger partial charge in [-0.15, -0.1) is 10.2 Å². The van der Waals surface area contributed by atoms with Crippen LogP contribution in [0.25, 0.3) is 11.4 Å². The van der Waals surface area contributed by atoms with Crippen LogP contribution in [0, 0.1) is 6.92 Å². The topological polar surface area (TPSA) is 47.8 Å². The van der Waals surface area contributed by atoms with E-state index in [1.807, 2.05) is 41.9 Å². The average Bonchev–Trinajstić information content (AvgIpc) is 3.06. The number of aromatic nitrogens is 3. The number of Topliss-reactive ketones (excluding diaryl/α,β-unsaturated/α-hetero) is 1. The van der Waals surface area contributed by atoms with Crippen LogP contribution in [0.2, 0.25) is 0 Å². The molecule has 0 spiro atoms. The van der Waals surface area contributed by atoms with Crippen LogP contribution in [0.3, 0.4) is 0 Å². The Kier molecular flexibility index (Phi) is 6.11. The molecule has 0 amide bonds.